The summed E-state index contributed by atoms with van der Waals surface area (Å²) in [5.74, 6) is 0.897. The molecule has 0 aliphatic heterocycles. The second-order valence-corrected chi connectivity index (χ2v) is 8.89. The quantitative estimate of drug-likeness (QED) is 0.468. The van der Waals surface area contributed by atoms with E-state index in [1.165, 1.54) is 32.9 Å². The first kappa shape index (κ1) is 20.4. The van der Waals surface area contributed by atoms with Crippen LogP contribution < -0.4 is 5.32 Å². The molecule has 1 amide bonds. The number of thioether (sulfide) groups is 1. The second-order valence-electron chi connectivity index (χ2n) is 5.58. The number of carbonyl (C=O) groups is 1. The van der Waals surface area contributed by atoms with Crippen molar-refractivity contribution in [3.8, 4) is 11.4 Å². The molecule has 142 valence electrons. The van der Waals surface area contributed by atoms with E-state index in [9.17, 15) is 13.2 Å². The molecule has 9 nitrogen and oxygen atoms in total. The highest BCUT2D eigenvalue weighted by Crippen LogP contribution is 2.18. The second kappa shape index (κ2) is 9.12. The van der Waals surface area contributed by atoms with Crippen LogP contribution in [0.3, 0.4) is 0 Å². The summed E-state index contributed by atoms with van der Waals surface area (Å²) < 4.78 is 25.8. The number of hydrogen-bond donors (Lipinski definition) is 2. The Morgan fingerprint density at radius 2 is 1.92 bits per heavy atom. The van der Waals surface area contributed by atoms with Gasteiger partial charge in [0.1, 0.15) is 0 Å². The highest BCUT2D eigenvalue weighted by molar-refractivity contribution is 7.99. The predicted octanol–water partition coefficient (Wildman–Crippen LogP) is 0.418. The molecule has 0 radical (unpaired) electrons. The van der Waals surface area contributed by atoms with E-state index in [1.807, 2.05) is 30.3 Å². The van der Waals surface area contributed by atoms with Crippen LogP contribution in [0.4, 0.5) is 0 Å². The average molecular weight is 399 g/mol. The molecule has 1 heterocycles. The standard InChI is InChI=1S/C15H22N6O3S2/c1-20(2)26(23,24)21(3)11-13(22)16-9-10-25-15-17-14(18-19-15)12-7-5-4-6-8-12/h4-8H,9-11H2,1-3H3,(H,16,22)(H,17,18,19). The Morgan fingerprint density at radius 3 is 2.58 bits per heavy atom. The third kappa shape index (κ3) is 5.53. The van der Waals surface area contributed by atoms with E-state index in [-0.39, 0.29) is 12.5 Å². The molecule has 0 spiro atoms. The van der Waals surface area contributed by atoms with Gasteiger partial charge in [-0.2, -0.15) is 17.0 Å². The molecule has 26 heavy (non-hydrogen) atoms. The zero-order valence-corrected chi connectivity index (χ0v) is 16.5. The van der Waals surface area contributed by atoms with Crippen LogP contribution >= 0.6 is 11.8 Å². The lowest BCUT2D eigenvalue weighted by Gasteiger charge is -2.20. The number of hydrogen-bond acceptors (Lipinski definition) is 6. The van der Waals surface area contributed by atoms with Crippen molar-refractivity contribution >= 4 is 27.9 Å². The van der Waals surface area contributed by atoms with Crippen molar-refractivity contribution in [2.45, 2.75) is 5.16 Å². The number of carbonyl (C=O) groups excluding carboxylic acids is 1. The minimum atomic E-state index is -3.59. The maximum atomic E-state index is 11.8. The molecule has 1 aromatic heterocycles. The van der Waals surface area contributed by atoms with Crippen LogP contribution in [0.15, 0.2) is 35.5 Å². The van der Waals surface area contributed by atoms with E-state index in [4.69, 9.17) is 0 Å². The third-order valence-corrected chi connectivity index (χ3v) is 6.08. The molecule has 0 saturated heterocycles. The van der Waals surface area contributed by atoms with Gasteiger partial charge in [-0.3, -0.25) is 9.89 Å². The number of rotatable bonds is 9. The van der Waals surface area contributed by atoms with Crippen molar-refractivity contribution in [1.29, 1.82) is 0 Å². The first-order valence-electron chi connectivity index (χ1n) is 7.82. The number of amides is 1. The van der Waals surface area contributed by atoms with E-state index < -0.39 is 10.2 Å². The number of likely N-dealkylation sites (N-methyl/N-ethyl adjacent to an activating group) is 1. The molecule has 0 aliphatic carbocycles. The average Bonchev–Trinajstić information content (AvgIpc) is 3.08. The molecule has 0 bridgehead atoms. The lowest BCUT2D eigenvalue weighted by atomic mass is 10.2. The van der Waals surface area contributed by atoms with Gasteiger partial charge < -0.3 is 5.32 Å². The first-order valence-corrected chi connectivity index (χ1v) is 10.2. The van der Waals surface area contributed by atoms with Gasteiger partial charge in [0.2, 0.25) is 11.1 Å². The van der Waals surface area contributed by atoms with Crippen molar-refractivity contribution in [2.75, 3.05) is 40.0 Å². The van der Waals surface area contributed by atoms with Gasteiger partial charge in [0.05, 0.1) is 6.54 Å². The van der Waals surface area contributed by atoms with Crippen LogP contribution in [0.2, 0.25) is 0 Å². The largest absolute Gasteiger partial charge is 0.354 e. The molecule has 0 unspecified atom stereocenters. The van der Waals surface area contributed by atoms with Gasteiger partial charge in [0.25, 0.3) is 10.2 Å². The lowest BCUT2D eigenvalue weighted by molar-refractivity contribution is -0.121. The Labute approximate surface area is 157 Å². The van der Waals surface area contributed by atoms with Crippen molar-refractivity contribution in [2.24, 2.45) is 0 Å². The molecule has 11 heteroatoms. The van der Waals surface area contributed by atoms with Gasteiger partial charge in [-0.05, 0) is 0 Å². The normalized spacial score (nSPS) is 11.9. The summed E-state index contributed by atoms with van der Waals surface area (Å²) in [7, 11) is 0.606. The van der Waals surface area contributed by atoms with E-state index >= 15 is 0 Å². The summed E-state index contributed by atoms with van der Waals surface area (Å²) in [4.78, 5) is 16.2. The molecule has 1 aromatic carbocycles. The number of H-pyrrole nitrogens is 1. The molecule has 0 aliphatic rings. The van der Waals surface area contributed by atoms with Crippen molar-refractivity contribution in [3.63, 3.8) is 0 Å². The summed E-state index contributed by atoms with van der Waals surface area (Å²) in [6.45, 7) is 0.151. The SMILES string of the molecule is CN(C)S(=O)(=O)N(C)CC(=O)NCCSc1n[nH]c(-c2ccccc2)n1. The van der Waals surface area contributed by atoms with Crippen LogP contribution in [0.25, 0.3) is 11.4 Å². The van der Waals surface area contributed by atoms with E-state index in [1.54, 1.807) is 0 Å². The molecule has 0 atom stereocenters. The minimum Gasteiger partial charge on any atom is -0.354 e. The maximum absolute atomic E-state index is 11.8. The summed E-state index contributed by atoms with van der Waals surface area (Å²) >= 11 is 1.40. The van der Waals surface area contributed by atoms with Crippen LogP contribution in [0.5, 0.6) is 0 Å². The van der Waals surface area contributed by atoms with Gasteiger partial charge in [-0.25, -0.2) is 4.98 Å². The highest BCUT2D eigenvalue weighted by atomic mass is 32.2. The summed E-state index contributed by atoms with van der Waals surface area (Å²) in [5.41, 5.74) is 0.949. The minimum absolute atomic E-state index is 0.232. The molecule has 2 N–H and O–H groups in total. The fraction of sp³-hybridized carbons (Fsp3) is 0.400. The van der Waals surface area contributed by atoms with Crippen LogP contribution in [-0.2, 0) is 15.0 Å². The molecule has 0 saturated carbocycles. The zero-order chi connectivity index (χ0) is 19.2. The third-order valence-electron chi connectivity index (χ3n) is 3.39. The predicted molar refractivity (Wildman–Crippen MR) is 101 cm³/mol. The van der Waals surface area contributed by atoms with Gasteiger partial charge in [-0.15, -0.1) is 5.10 Å². The van der Waals surface area contributed by atoms with Crippen molar-refractivity contribution in [1.82, 2.24) is 29.1 Å². The number of aromatic nitrogens is 3. The smallest absolute Gasteiger partial charge is 0.281 e. The number of aromatic amines is 1. The maximum Gasteiger partial charge on any atom is 0.281 e. The Morgan fingerprint density at radius 1 is 1.23 bits per heavy atom. The van der Waals surface area contributed by atoms with Crippen LogP contribution in [-0.4, -0.2) is 78.1 Å². The van der Waals surface area contributed by atoms with Crippen molar-refractivity contribution in [3.05, 3.63) is 30.3 Å². The van der Waals surface area contributed by atoms with Crippen LogP contribution in [0.1, 0.15) is 0 Å². The number of nitrogens with one attached hydrogen (secondary N) is 2. The summed E-state index contributed by atoms with van der Waals surface area (Å²) in [5, 5.41) is 10.3. The molecular weight excluding hydrogens is 376 g/mol. The summed E-state index contributed by atoms with van der Waals surface area (Å²) in [6.07, 6.45) is 0. The Balaban J connectivity index is 1.74. The molecule has 2 aromatic rings. The summed E-state index contributed by atoms with van der Waals surface area (Å²) in [6, 6.07) is 9.65. The fourth-order valence-electron chi connectivity index (χ4n) is 1.99. The Hall–Kier alpha value is -1.95. The number of benzene rings is 1. The molecule has 2 rings (SSSR count). The topological polar surface area (TPSA) is 111 Å². The van der Waals surface area contributed by atoms with Gasteiger partial charge in [0.15, 0.2) is 5.82 Å². The number of nitrogens with zero attached hydrogens (tertiary/aromatic N) is 4. The van der Waals surface area contributed by atoms with E-state index in [2.05, 4.69) is 20.5 Å². The van der Waals surface area contributed by atoms with Gasteiger partial charge >= 0.3 is 0 Å². The molecular formula is C15H22N6O3S2. The lowest BCUT2D eigenvalue weighted by Crippen LogP contribution is -2.43. The highest BCUT2D eigenvalue weighted by Gasteiger charge is 2.22. The van der Waals surface area contributed by atoms with E-state index in [0.717, 1.165) is 14.2 Å². The molecule has 0 fully saturated rings. The Bertz CT molecular complexity index is 823. The van der Waals surface area contributed by atoms with E-state index in [0.29, 0.717) is 23.3 Å². The van der Waals surface area contributed by atoms with Crippen molar-refractivity contribution < 1.29 is 13.2 Å². The van der Waals surface area contributed by atoms with Crippen LogP contribution in [0, 0.1) is 0 Å². The fourth-order valence-corrected chi connectivity index (χ4v) is 3.48. The van der Waals surface area contributed by atoms with Gasteiger partial charge in [0, 0.05) is 39.0 Å². The zero-order valence-electron chi connectivity index (χ0n) is 14.8. The monoisotopic (exact) mass is 398 g/mol. The first-order chi connectivity index (χ1) is 12.3. The van der Waals surface area contributed by atoms with Gasteiger partial charge in [-0.1, -0.05) is 42.1 Å². The Kier molecular flexibility index (Phi) is 7.14.